The highest BCUT2D eigenvalue weighted by Gasteiger charge is 2.29. The van der Waals surface area contributed by atoms with E-state index in [0.29, 0.717) is 36.3 Å². The first kappa shape index (κ1) is 24.4. The molecule has 0 aliphatic heterocycles. The Hall–Kier alpha value is -2.84. The van der Waals surface area contributed by atoms with Crippen LogP contribution in [0.3, 0.4) is 0 Å². The molecule has 1 atom stereocenters. The number of nitrogens with one attached hydrogen (secondary N) is 3. The van der Waals surface area contributed by atoms with Gasteiger partial charge in [-0.05, 0) is 55.2 Å². The average Bonchev–Trinajstić information content (AvgIpc) is 2.75. The Labute approximate surface area is 178 Å². The predicted molar refractivity (Wildman–Crippen MR) is 113 cm³/mol. The fourth-order valence-corrected chi connectivity index (χ4v) is 2.93. The lowest BCUT2D eigenvalue weighted by molar-refractivity contribution is -0.137. The van der Waals surface area contributed by atoms with E-state index in [2.05, 4.69) is 16.0 Å². The average molecular weight is 443 g/mol. The van der Waals surface area contributed by atoms with Crippen LogP contribution in [0.5, 0.6) is 0 Å². The summed E-state index contributed by atoms with van der Waals surface area (Å²) in [4.78, 5) is 12.1. The van der Waals surface area contributed by atoms with Crippen molar-refractivity contribution in [1.82, 2.24) is 0 Å². The Morgan fingerprint density at radius 3 is 2.35 bits per heavy atom. The molecule has 0 aliphatic carbocycles. The first-order chi connectivity index (χ1) is 14.7. The summed E-state index contributed by atoms with van der Waals surface area (Å²) in [5.41, 5.74) is 1.95. The first-order valence-corrected chi connectivity index (χ1v) is 9.94. The van der Waals surface area contributed by atoms with E-state index in [1.807, 2.05) is 0 Å². The Balaban J connectivity index is 1.88. The molecule has 0 radical (unpaired) electrons. The van der Waals surface area contributed by atoms with Crippen molar-refractivity contribution in [3.63, 3.8) is 0 Å². The fraction of sp³-hybridized carbons (Fsp3) is 0.409. The highest BCUT2D eigenvalue weighted by molar-refractivity contribution is 5.94. The van der Waals surface area contributed by atoms with Crippen LogP contribution in [0, 0.1) is 0 Å². The molecule has 0 saturated carbocycles. The molecule has 2 aromatic rings. The second-order valence-corrected chi connectivity index (χ2v) is 7.10. The molecule has 2 aromatic carbocycles. The summed E-state index contributed by atoms with van der Waals surface area (Å²) in [6.07, 6.45) is -4.63. The van der Waals surface area contributed by atoms with E-state index in [1.54, 1.807) is 25.2 Å². The highest BCUT2D eigenvalue weighted by Crippen LogP contribution is 2.29. The van der Waals surface area contributed by atoms with Gasteiger partial charge in [0.2, 0.25) is 5.91 Å². The van der Waals surface area contributed by atoms with Crippen LogP contribution in [0.25, 0.3) is 0 Å². The lowest BCUT2D eigenvalue weighted by Gasteiger charge is -2.14. The van der Waals surface area contributed by atoms with Crippen molar-refractivity contribution in [3.05, 3.63) is 53.6 Å². The van der Waals surface area contributed by atoms with Gasteiger partial charge in [0.05, 0.1) is 16.9 Å². The Morgan fingerprint density at radius 2 is 1.74 bits per heavy atom. The standard InChI is InChI=1S/C22H26F5N3O/c1-28-20-12-18(29-14-15-6-8-16(9-7-15)22(25,26)27)10-11-19(20)30-21(31)5-3-2-4-17(24)13-23/h6-12,17,28-29H,2-5,13-14H2,1H3,(H,30,31). The van der Waals surface area contributed by atoms with Crippen molar-refractivity contribution in [2.24, 2.45) is 0 Å². The van der Waals surface area contributed by atoms with Crippen molar-refractivity contribution in [3.8, 4) is 0 Å². The van der Waals surface area contributed by atoms with Crippen LogP contribution in [0.1, 0.15) is 36.8 Å². The highest BCUT2D eigenvalue weighted by atomic mass is 19.4. The van der Waals surface area contributed by atoms with E-state index >= 15 is 0 Å². The third-order valence-corrected chi connectivity index (χ3v) is 4.68. The molecule has 9 heteroatoms. The second kappa shape index (κ2) is 11.5. The monoisotopic (exact) mass is 443 g/mol. The van der Waals surface area contributed by atoms with E-state index in [4.69, 9.17) is 0 Å². The molecular formula is C22H26F5N3O. The SMILES string of the molecule is CNc1cc(NCc2ccc(C(F)(F)F)cc2)ccc1NC(=O)CCCCC(F)CF. The van der Waals surface area contributed by atoms with Crippen LogP contribution in [0.4, 0.5) is 39.0 Å². The lowest BCUT2D eigenvalue weighted by Crippen LogP contribution is -2.13. The van der Waals surface area contributed by atoms with Crippen LogP contribution >= 0.6 is 0 Å². The van der Waals surface area contributed by atoms with Gasteiger partial charge in [-0.2, -0.15) is 13.2 Å². The molecule has 1 amide bonds. The maximum atomic E-state index is 12.8. The molecule has 31 heavy (non-hydrogen) atoms. The van der Waals surface area contributed by atoms with Gasteiger partial charge in [-0.25, -0.2) is 8.78 Å². The van der Waals surface area contributed by atoms with Gasteiger partial charge in [0, 0.05) is 25.7 Å². The van der Waals surface area contributed by atoms with Crippen molar-refractivity contribution < 1.29 is 26.7 Å². The van der Waals surface area contributed by atoms with E-state index in [1.165, 1.54) is 12.1 Å². The number of hydrogen-bond acceptors (Lipinski definition) is 3. The molecule has 170 valence electrons. The number of unbranched alkanes of at least 4 members (excludes halogenated alkanes) is 1. The molecule has 2 rings (SSSR count). The number of hydrogen-bond donors (Lipinski definition) is 3. The number of alkyl halides is 5. The number of rotatable bonds is 11. The van der Waals surface area contributed by atoms with Crippen LogP contribution in [-0.2, 0) is 17.5 Å². The molecule has 3 N–H and O–H groups in total. The van der Waals surface area contributed by atoms with Crippen LogP contribution < -0.4 is 16.0 Å². The van der Waals surface area contributed by atoms with E-state index in [-0.39, 0.29) is 18.7 Å². The van der Waals surface area contributed by atoms with Gasteiger partial charge in [0.25, 0.3) is 0 Å². The molecule has 4 nitrogen and oxygen atoms in total. The topological polar surface area (TPSA) is 53.2 Å². The summed E-state index contributed by atoms with van der Waals surface area (Å²) in [7, 11) is 1.70. The summed E-state index contributed by atoms with van der Waals surface area (Å²) >= 11 is 0. The van der Waals surface area contributed by atoms with Gasteiger partial charge in [-0.15, -0.1) is 0 Å². The molecule has 1 unspecified atom stereocenters. The number of carbonyl (C=O) groups excluding carboxylic acids is 1. The van der Waals surface area contributed by atoms with Crippen LogP contribution in [0.15, 0.2) is 42.5 Å². The normalized spacial score (nSPS) is 12.3. The summed E-state index contributed by atoms with van der Waals surface area (Å²) in [6, 6.07) is 10.1. The van der Waals surface area contributed by atoms with E-state index < -0.39 is 24.6 Å². The summed E-state index contributed by atoms with van der Waals surface area (Å²) in [5, 5.41) is 8.90. The largest absolute Gasteiger partial charge is 0.416 e. The van der Waals surface area contributed by atoms with Crippen molar-refractivity contribution >= 4 is 23.0 Å². The van der Waals surface area contributed by atoms with Gasteiger partial charge in [-0.1, -0.05) is 12.1 Å². The number of anilines is 3. The molecule has 0 saturated heterocycles. The van der Waals surface area contributed by atoms with Gasteiger partial charge < -0.3 is 16.0 Å². The first-order valence-electron chi connectivity index (χ1n) is 9.94. The van der Waals surface area contributed by atoms with Crippen molar-refractivity contribution in [1.29, 1.82) is 0 Å². The van der Waals surface area contributed by atoms with Crippen LogP contribution in [-0.4, -0.2) is 25.8 Å². The zero-order chi connectivity index (χ0) is 22.9. The quantitative estimate of drug-likeness (QED) is 0.288. The predicted octanol–water partition coefficient (Wildman–Crippen LogP) is 6.17. The van der Waals surface area contributed by atoms with Gasteiger partial charge in [0.1, 0.15) is 12.8 Å². The maximum Gasteiger partial charge on any atom is 0.416 e. The number of amides is 1. The minimum absolute atomic E-state index is 0.102. The van der Waals surface area contributed by atoms with Gasteiger partial charge >= 0.3 is 6.18 Å². The van der Waals surface area contributed by atoms with Gasteiger partial charge in [0.15, 0.2) is 0 Å². The Morgan fingerprint density at radius 1 is 1.03 bits per heavy atom. The molecule has 0 aromatic heterocycles. The Kier molecular flexibility index (Phi) is 9.08. The summed E-state index contributed by atoms with van der Waals surface area (Å²) in [5.74, 6) is -0.224. The second-order valence-electron chi connectivity index (χ2n) is 7.10. The molecule has 0 bridgehead atoms. The van der Waals surface area contributed by atoms with Crippen molar-refractivity contribution in [2.75, 3.05) is 29.7 Å². The minimum Gasteiger partial charge on any atom is -0.386 e. The molecule has 0 heterocycles. The zero-order valence-electron chi connectivity index (χ0n) is 17.2. The third kappa shape index (κ3) is 8.07. The van der Waals surface area contributed by atoms with Crippen molar-refractivity contribution in [2.45, 2.75) is 44.6 Å². The third-order valence-electron chi connectivity index (χ3n) is 4.68. The summed E-state index contributed by atoms with van der Waals surface area (Å²) in [6.45, 7) is -0.668. The minimum atomic E-state index is -4.36. The number of halogens is 5. The zero-order valence-corrected chi connectivity index (χ0v) is 17.2. The lowest BCUT2D eigenvalue weighted by atomic mass is 10.1. The Bertz CT molecular complexity index is 840. The fourth-order valence-electron chi connectivity index (χ4n) is 2.93. The smallest absolute Gasteiger partial charge is 0.386 e. The van der Waals surface area contributed by atoms with E-state index in [0.717, 1.165) is 17.8 Å². The van der Waals surface area contributed by atoms with Crippen LogP contribution in [0.2, 0.25) is 0 Å². The van der Waals surface area contributed by atoms with Gasteiger partial charge in [-0.3, -0.25) is 4.79 Å². The molecule has 0 aliphatic rings. The number of carbonyl (C=O) groups is 1. The molecule has 0 fully saturated rings. The molecular weight excluding hydrogens is 417 g/mol. The number of benzene rings is 2. The maximum absolute atomic E-state index is 12.8. The van der Waals surface area contributed by atoms with E-state index in [9.17, 15) is 26.7 Å². The summed E-state index contributed by atoms with van der Waals surface area (Å²) < 4.78 is 62.8. The molecule has 0 spiro atoms.